The van der Waals surface area contributed by atoms with Gasteiger partial charge in [-0.05, 0) is 39.0 Å². The summed E-state index contributed by atoms with van der Waals surface area (Å²) in [4.78, 5) is 16.4. The van der Waals surface area contributed by atoms with Gasteiger partial charge >= 0.3 is 0 Å². The number of ether oxygens (including phenoxy) is 1. The van der Waals surface area contributed by atoms with Gasteiger partial charge in [-0.25, -0.2) is 0 Å². The van der Waals surface area contributed by atoms with E-state index in [0.717, 1.165) is 22.2 Å². The van der Waals surface area contributed by atoms with E-state index in [9.17, 15) is 4.79 Å². The summed E-state index contributed by atoms with van der Waals surface area (Å²) in [5, 5.41) is 9.16. The molecule has 0 fully saturated rings. The predicted molar refractivity (Wildman–Crippen MR) is 114 cm³/mol. The van der Waals surface area contributed by atoms with Crippen LogP contribution in [0.2, 0.25) is 0 Å². The molecule has 0 saturated carbocycles. The van der Waals surface area contributed by atoms with Crippen molar-refractivity contribution in [2.75, 3.05) is 6.61 Å². The lowest BCUT2D eigenvalue weighted by Gasteiger charge is -2.08. The number of benzene rings is 2. The first-order chi connectivity index (χ1) is 14.1. The topological polar surface area (TPSA) is 81.0 Å². The Labute approximate surface area is 172 Å². The molecule has 0 aliphatic rings. The number of hydrogen-bond acceptors (Lipinski definition) is 6. The number of Topliss-reactive ketones (excluding diaryl/α,β-unsaturated/α-hetero) is 1. The summed E-state index contributed by atoms with van der Waals surface area (Å²) in [5.74, 6) is 1.09. The van der Waals surface area contributed by atoms with Gasteiger partial charge in [0, 0.05) is 22.2 Å². The standard InChI is InChI=1S/C22H21N3O3S/c1-4-27-18-12-8-6-10-16(18)21-24-25-22(28-21)29-14(3)20(26)19-13(2)23-17-11-7-5-9-15(17)19/h5-12,14,23H,4H2,1-3H3. The number of thioether (sulfide) groups is 1. The summed E-state index contributed by atoms with van der Waals surface area (Å²) in [7, 11) is 0. The van der Waals surface area contributed by atoms with Crippen LogP contribution in [0.15, 0.2) is 58.2 Å². The van der Waals surface area contributed by atoms with Gasteiger partial charge in [0.25, 0.3) is 11.1 Å². The van der Waals surface area contributed by atoms with E-state index in [1.165, 1.54) is 11.8 Å². The molecule has 0 bridgehead atoms. The highest BCUT2D eigenvalue weighted by atomic mass is 32.2. The minimum absolute atomic E-state index is 0.0272. The summed E-state index contributed by atoms with van der Waals surface area (Å²) in [5.41, 5.74) is 3.26. The number of carbonyl (C=O) groups excluding carboxylic acids is 1. The third kappa shape index (κ3) is 3.78. The van der Waals surface area contributed by atoms with Gasteiger partial charge in [0.15, 0.2) is 5.78 Å². The smallest absolute Gasteiger partial charge is 0.277 e. The van der Waals surface area contributed by atoms with Crippen LogP contribution in [0.1, 0.15) is 29.9 Å². The fourth-order valence-electron chi connectivity index (χ4n) is 3.29. The molecule has 4 rings (SSSR count). The molecule has 2 heterocycles. The van der Waals surface area contributed by atoms with Crippen LogP contribution in [-0.4, -0.2) is 32.8 Å². The average Bonchev–Trinajstić information content (AvgIpc) is 3.31. The Balaban J connectivity index is 1.56. The molecule has 1 atom stereocenters. The normalized spacial score (nSPS) is 12.2. The van der Waals surface area contributed by atoms with Crippen molar-refractivity contribution in [3.8, 4) is 17.2 Å². The number of fused-ring (bicyclic) bond motifs is 1. The Morgan fingerprint density at radius 3 is 2.76 bits per heavy atom. The minimum Gasteiger partial charge on any atom is -0.493 e. The summed E-state index contributed by atoms with van der Waals surface area (Å²) < 4.78 is 11.4. The van der Waals surface area contributed by atoms with E-state index < -0.39 is 0 Å². The number of H-pyrrole nitrogens is 1. The Hall–Kier alpha value is -3.06. The maximum atomic E-state index is 13.1. The summed E-state index contributed by atoms with van der Waals surface area (Å²) in [6.07, 6.45) is 0. The molecular formula is C22H21N3O3S. The lowest BCUT2D eigenvalue weighted by Crippen LogP contribution is -2.14. The van der Waals surface area contributed by atoms with E-state index in [1.807, 2.05) is 69.3 Å². The van der Waals surface area contributed by atoms with Crippen molar-refractivity contribution >= 4 is 28.4 Å². The fraction of sp³-hybridized carbons (Fsp3) is 0.227. The second-order valence-electron chi connectivity index (χ2n) is 6.60. The molecule has 29 heavy (non-hydrogen) atoms. The quantitative estimate of drug-likeness (QED) is 0.331. The zero-order chi connectivity index (χ0) is 20.4. The first kappa shape index (κ1) is 19.3. The summed E-state index contributed by atoms with van der Waals surface area (Å²) in [6, 6.07) is 15.3. The van der Waals surface area contributed by atoms with Crippen LogP contribution < -0.4 is 4.74 Å². The highest BCUT2D eigenvalue weighted by molar-refractivity contribution is 8.00. The Bertz CT molecular complexity index is 1170. The molecule has 0 aliphatic heterocycles. The van der Waals surface area contributed by atoms with Crippen molar-refractivity contribution in [3.05, 3.63) is 59.8 Å². The molecule has 0 spiro atoms. The highest BCUT2D eigenvalue weighted by Gasteiger charge is 2.24. The van der Waals surface area contributed by atoms with Crippen LogP contribution >= 0.6 is 11.8 Å². The van der Waals surface area contributed by atoms with Crippen molar-refractivity contribution in [2.45, 2.75) is 31.2 Å². The predicted octanol–water partition coefficient (Wildman–Crippen LogP) is 5.29. The molecule has 2 aromatic carbocycles. The average molecular weight is 407 g/mol. The molecule has 0 amide bonds. The van der Waals surface area contributed by atoms with Gasteiger partial charge in [0.2, 0.25) is 0 Å². The van der Waals surface area contributed by atoms with Gasteiger partial charge in [0.05, 0.1) is 17.4 Å². The first-order valence-electron chi connectivity index (χ1n) is 9.42. The fourth-order valence-corrected chi connectivity index (χ4v) is 4.04. The molecule has 7 heteroatoms. The number of aromatic amines is 1. The van der Waals surface area contributed by atoms with E-state index >= 15 is 0 Å². The van der Waals surface area contributed by atoms with Crippen LogP contribution in [-0.2, 0) is 0 Å². The van der Waals surface area contributed by atoms with E-state index in [-0.39, 0.29) is 11.0 Å². The number of nitrogens with zero attached hydrogens (tertiary/aromatic N) is 2. The minimum atomic E-state index is -0.372. The Morgan fingerprint density at radius 2 is 1.93 bits per heavy atom. The van der Waals surface area contributed by atoms with Crippen LogP contribution in [0.4, 0.5) is 0 Å². The van der Waals surface area contributed by atoms with Crippen LogP contribution in [0, 0.1) is 6.92 Å². The number of para-hydroxylation sites is 2. The van der Waals surface area contributed by atoms with Crippen molar-refractivity contribution < 1.29 is 13.9 Å². The van der Waals surface area contributed by atoms with Crippen molar-refractivity contribution in [2.24, 2.45) is 0 Å². The molecule has 0 aliphatic carbocycles. The summed E-state index contributed by atoms with van der Waals surface area (Å²) >= 11 is 1.26. The number of ketones is 1. The van der Waals surface area contributed by atoms with Crippen LogP contribution in [0.25, 0.3) is 22.4 Å². The Morgan fingerprint density at radius 1 is 1.17 bits per heavy atom. The van der Waals surface area contributed by atoms with Crippen molar-refractivity contribution in [3.63, 3.8) is 0 Å². The Kier molecular flexibility index (Phi) is 5.40. The van der Waals surface area contributed by atoms with Crippen molar-refractivity contribution in [1.82, 2.24) is 15.2 Å². The van der Waals surface area contributed by atoms with Gasteiger partial charge in [-0.2, -0.15) is 0 Å². The van der Waals surface area contributed by atoms with Crippen LogP contribution in [0.5, 0.6) is 5.75 Å². The molecule has 148 valence electrons. The van der Waals surface area contributed by atoms with Gasteiger partial charge in [-0.15, -0.1) is 10.2 Å². The third-order valence-electron chi connectivity index (χ3n) is 4.61. The molecule has 4 aromatic rings. The van der Waals surface area contributed by atoms with E-state index in [1.54, 1.807) is 0 Å². The zero-order valence-corrected chi connectivity index (χ0v) is 17.2. The van der Waals surface area contributed by atoms with Crippen molar-refractivity contribution in [1.29, 1.82) is 0 Å². The van der Waals surface area contributed by atoms with Gasteiger partial charge in [-0.3, -0.25) is 4.79 Å². The SMILES string of the molecule is CCOc1ccccc1-c1nnc(SC(C)C(=O)c2c(C)[nH]c3ccccc23)o1. The maximum Gasteiger partial charge on any atom is 0.277 e. The largest absolute Gasteiger partial charge is 0.493 e. The number of aromatic nitrogens is 3. The number of hydrogen-bond donors (Lipinski definition) is 1. The maximum absolute atomic E-state index is 13.1. The molecule has 1 unspecified atom stereocenters. The molecular weight excluding hydrogens is 386 g/mol. The molecule has 0 saturated heterocycles. The lowest BCUT2D eigenvalue weighted by molar-refractivity contribution is 0.0994. The van der Waals surface area contributed by atoms with Crippen LogP contribution in [0.3, 0.4) is 0 Å². The second kappa shape index (κ2) is 8.13. The van der Waals surface area contributed by atoms with Gasteiger partial charge in [-0.1, -0.05) is 42.1 Å². The van der Waals surface area contributed by atoms with E-state index in [0.29, 0.717) is 29.0 Å². The molecule has 1 N–H and O–H groups in total. The van der Waals surface area contributed by atoms with Gasteiger partial charge in [0.1, 0.15) is 5.75 Å². The third-order valence-corrected chi connectivity index (χ3v) is 5.54. The monoisotopic (exact) mass is 407 g/mol. The number of aryl methyl sites for hydroxylation is 1. The molecule has 0 radical (unpaired) electrons. The second-order valence-corrected chi connectivity index (χ2v) is 7.89. The van der Waals surface area contributed by atoms with Gasteiger partial charge < -0.3 is 14.1 Å². The number of carbonyl (C=O) groups is 1. The number of nitrogens with one attached hydrogen (secondary N) is 1. The highest BCUT2D eigenvalue weighted by Crippen LogP contribution is 2.33. The van der Waals surface area contributed by atoms with E-state index in [4.69, 9.17) is 9.15 Å². The zero-order valence-electron chi connectivity index (χ0n) is 16.4. The molecule has 6 nitrogen and oxygen atoms in total. The number of rotatable bonds is 7. The lowest BCUT2D eigenvalue weighted by atomic mass is 10.1. The summed E-state index contributed by atoms with van der Waals surface area (Å²) in [6.45, 7) is 6.24. The van der Waals surface area contributed by atoms with E-state index in [2.05, 4.69) is 15.2 Å². The first-order valence-corrected chi connectivity index (χ1v) is 10.3. The molecule has 2 aromatic heterocycles.